The lowest BCUT2D eigenvalue weighted by Gasteiger charge is -2.41. The van der Waals surface area contributed by atoms with Crippen LogP contribution in [0.1, 0.15) is 36.8 Å². The molecule has 4 heterocycles. The van der Waals surface area contributed by atoms with E-state index in [4.69, 9.17) is 14.7 Å². The highest BCUT2D eigenvalue weighted by Gasteiger charge is 2.30. The van der Waals surface area contributed by atoms with Crippen LogP contribution in [0.2, 0.25) is 0 Å². The highest BCUT2D eigenvalue weighted by molar-refractivity contribution is 5.50. The van der Waals surface area contributed by atoms with Gasteiger partial charge in [-0.3, -0.25) is 4.90 Å². The highest BCUT2D eigenvalue weighted by Crippen LogP contribution is 2.30. The van der Waals surface area contributed by atoms with E-state index in [0.29, 0.717) is 6.04 Å². The van der Waals surface area contributed by atoms with E-state index in [1.807, 2.05) is 6.92 Å². The molecule has 1 aromatic rings. The van der Waals surface area contributed by atoms with Gasteiger partial charge in [-0.15, -0.1) is 0 Å². The number of morpholine rings is 1. The van der Waals surface area contributed by atoms with Gasteiger partial charge in [-0.05, 0) is 45.6 Å². The molecule has 2 saturated heterocycles. The van der Waals surface area contributed by atoms with E-state index in [2.05, 4.69) is 22.0 Å². The molecule has 3 aliphatic heterocycles. The number of hydrogen-bond donors (Lipinski definition) is 1. The first-order chi connectivity index (χ1) is 12.7. The van der Waals surface area contributed by atoms with Crippen LogP contribution in [0.25, 0.3) is 0 Å². The molecule has 4 rings (SSSR count). The average molecular weight is 360 g/mol. The minimum absolute atomic E-state index is 0.662. The van der Waals surface area contributed by atoms with Crippen LogP contribution < -0.4 is 10.2 Å². The zero-order valence-electron chi connectivity index (χ0n) is 16.3. The van der Waals surface area contributed by atoms with Crippen molar-refractivity contribution in [3.63, 3.8) is 0 Å². The van der Waals surface area contributed by atoms with Gasteiger partial charge in [0.2, 0.25) is 0 Å². The maximum absolute atomic E-state index is 5.52. The molecule has 1 N–H and O–H groups in total. The summed E-state index contributed by atoms with van der Waals surface area (Å²) < 4.78 is 5.52. The van der Waals surface area contributed by atoms with Crippen molar-refractivity contribution < 1.29 is 4.74 Å². The Morgan fingerprint density at radius 2 is 1.77 bits per heavy atom. The lowest BCUT2D eigenvalue weighted by atomic mass is 9.89. The van der Waals surface area contributed by atoms with Crippen molar-refractivity contribution in [2.75, 3.05) is 57.4 Å². The molecular formula is C20H33N5O. The molecule has 144 valence electrons. The van der Waals surface area contributed by atoms with Gasteiger partial charge < -0.3 is 15.0 Å². The minimum atomic E-state index is 0.662. The first-order valence-electron chi connectivity index (χ1n) is 10.4. The molecule has 3 aliphatic rings. The van der Waals surface area contributed by atoms with E-state index >= 15 is 0 Å². The summed E-state index contributed by atoms with van der Waals surface area (Å²) in [6, 6.07) is 0.662. The third-order valence-electron chi connectivity index (χ3n) is 6.42. The molecule has 0 radical (unpaired) electrons. The molecule has 26 heavy (non-hydrogen) atoms. The van der Waals surface area contributed by atoms with Gasteiger partial charge in [0.15, 0.2) is 0 Å². The second kappa shape index (κ2) is 8.19. The normalized spacial score (nSPS) is 24.2. The van der Waals surface area contributed by atoms with Gasteiger partial charge in [0, 0.05) is 50.7 Å². The molecule has 6 nitrogen and oxygen atoms in total. The van der Waals surface area contributed by atoms with Crippen LogP contribution in [-0.4, -0.2) is 73.4 Å². The summed E-state index contributed by atoms with van der Waals surface area (Å²) in [5.74, 6) is 2.92. The van der Waals surface area contributed by atoms with Gasteiger partial charge in [0.1, 0.15) is 11.6 Å². The molecule has 6 heteroatoms. The summed E-state index contributed by atoms with van der Waals surface area (Å²) in [5.41, 5.74) is 2.65. The third-order valence-corrected chi connectivity index (χ3v) is 6.42. The van der Waals surface area contributed by atoms with E-state index in [9.17, 15) is 0 Å². The van der Waals surface area contributed by atoms with E-state index in [-0.39, 0.29) is 0 Å². The largest absolute Gasteiger partial charge is 0.379 e. The monoisotopic (exact) mass is 359 g/mol. The van der Waals surface area contributed by atoms with Gasteiger partial charge in [-0.2, -0.15) is 0 Å². The molecule has 0 bridgehead atoms. The molecular weight excluding hydrogens is 326 g/mol. The zero-order chi connectivity index (χ0) is 17.9. The Labute approximate surface area is 157 Å². The van der Waals surface area contributed by atoms with Crippen LogP contribution in [0.5, 0.6) is 0 Å². The Bertz CT molecular complexity index is 608. The van der Waals surface area contributed by atoms with Crippen LogP contribution in [0.3, 0.4) is 0 Å². The second-order valence-electron chi connectivity index (χ2n) is 7.98. The first kappa shape index (κ1) is 18.1. The van der Waals surface area contributed by atoms with Crippen LogP contribution in [0.4, 0.5) is 5.82 Å². The summed E-state index contributed by atoms with van der Waals surface area (Å²) in [5, 5.41) is 3.50. The SMILES string of the molecule is Cc1nc2c(c(N3CCC([C@@H](C)N4CCOCC4)CC3)n1)CCNCC2. The van der Waals surface area contributed by atoms with Crippen molar-refractivity contribution in [3.05, 3.63) is 17.1 Å². The Balaban J connectivity index is 1.44. The second-order valence-corrected chi connectivity index (χ2v) is 7.98. The van der Waals surface area contributed by atoms with Crippen molar-refractivity contribution in [1.29, 1.82) is 0 Å². The number of aromatic nitrogens is 2. The smallest absolute Gasteiger partial charge is 0.135 e. The van der Waals surface area contributed by atoms with Crippen molar-refractivity contribution in [2.45, 2.75) is 45.6 Å². The molecule has 0 unspecified atom stereocenters. The van der Waals surface area contributed by atoms with E-state index in [1.165, 1.54) is 29.9 Å². The maximum Gasteiger partial charge on any atom is 0.135 e. The van der Waals surface area contributed by atoms with E-state index in [1.54, 1.807) is 0 Å². The summed E-state index contributed by atoms with van der Waals surface area (Å²) in [6.45, 7) is 12.7. The molecule has 2 fully saturated rings. The number of rotatable bonds is 3. The number of ether oxygens (including phenoxy) is 1. The number of nitrogens with one attached hydrogen (secondary N) is 1. The number of anilines is 1. The summed E-state index contributed by atoms with van der Waals surface area (Å²) in [6.07, 6.45) is 4.59. The first-order valence-corrected chi connectivity index (χ1v) is 10.4. The molecule has 0 amide bonds. The number of hydrogen-bond acceptors (Lipinski definition) is 6. The van der Waals surface area contributed by atoms with Gasteiger partial charge in [-0.25, -0.2) is 9.97 Å². The number of nitrogens with zero attached hydrogens (tertiary/aromatic N) is 4. The van der Waals surface area contributed by atoms with Crippen molar-refractivity contribution in [2.24, 2.45) is 5.92 Å². The molecule has 0 saturated carbocycles. The quantitative estimate of drug-likeness (QED) is 0.881. The fourth-order valence-corrected chi connectivity index (χ4v) is 4.78. The van der Waals surface area contributed by atoms with Crippen molar-refractivity contribution >= 4 is 5.82 Å². The predicted octanol–water partition coefficient (Wildman–Crippen LogP) is 1.41. The van der Waals surface area contributed by atoms with Gasteiger partial charge in [-0.1, -0.05) is 0 Å². The summed E-state index contributed by atoms with van der Waals surface area (Å²) in [4.78, 5) is 14.8. The lowest BCUT2D eigenvalue weighted by Crippen LogP contribution is -2.48. The highest BCUT2D eigenvalue weighted by atomic mass is 16.5. The Morgan fingerprint density at radius 3 is 2.54 bits per heavy atom. The van der Waals surface area contributed by atoms with Crippen LogP contribution in [0.15, 0.2) is 0 Å². The van der Waals surface area contributed by atoms with Gasteiger partial charge in [0.05, 0.1) is 18.9 Å². The fraction of sp³-hybridized carbons (Fsp3) is 0.800. The lowest BCUT2D eigenvalue weighted by molar-refractivity contribution is 0.00447. The number of piperidine rings is 1. The minimum Gasteiger partial charge on any atom is -0.379 e. The molecule has 0 spiro atoms. The predicted molar refractivity (Wildman–Crippen MR) is 104 cm³/mol. The number of aryl methyl sites for hydroxylation is 1. The van der Waals surface area contributed by atoms with Crippen molar-refractivity contribution in [3.8, 4) is 0 Å². The Hall–Kier alpha value is -1.24. The van der Waals surface area contributed by atoms with Crippen LogP contribution >= 0.6 is 0 Å². The molecule has 0 aliphatic carbocycles. The van der Waals surface area contributed by atoms with Gasteiger partial charge >= 0.3 is 0 Å². The topological polar surface area (TPSA) is 53.5 Å². The molecule has 1 aromatic heterocycles. The fourth-order valence-electron chi connectivity index (χ4n) is 4.78. The van der Waals surface area contributed by atoms with E-state index in [0.717, 1.165) is 77.1 Å². The summed E-state index contributed by atoms with van der Waals surface area (Å²) in [7, 11) is 0. The Morgan fingerprint density at radius 1 is 1.04 bits per heavy atom. The third kappa shape index (κ3) is 3.87. The number of fused-ring (bicyclic) bond motifs is 1. The average Bonchev–Trinajstić information content (AvgIpc) is 2.93. The van der Waals surface area contributed by atoms with E-state index < -0.39 is 0 Å². The Kier molecular flexibility index (Phi) is 5.72. The summed E-state index contributed by atoms with van der Waals surface area (Å²) >= 11 is 0. The standard InChI is InChI=1S/C20H33N5O/c1-15(24-11-13-26-14-12-24)17-5-9-25(10-6-17)20-18-3-7-21-8-4-19(18)22-16(2)23-20/h15,17,21H,3-14H2,1-2H3/t15-/m1/s1. The zero-order valence-corrected chi connectivity index (χ0v) is 16.3. The molecule has 0 aromatic carbocycles. The van der Waals surface area contributed by atoms with Gasteiger partial charge in [0.25, 0.3) is 0 Å². The maximum atomic E-state index is 5.52. The van der Waals surface area contributed by atoms with Crippen LogP contribution in [-0.2, 0) is 17.6 Å². The molecule has 1 atom stereocenters. The van der Waals surface area contributed by atoms with Crippen molar-refractivity contribution in [1.82, 2.24) is 20.2 Å². The van der Waals surface area contributed by atoms with Crippen LogP contribution in [0, 0.1) is 12.8 Å².